The van der Waals surface area contributed by atoms with Crippen molar-refractivity contribution in [2.45, 2.75) is 39.5 Å². The second-order valence-corrected chi connectivity index (χ2v) is 6.12. The molecule has 1 unspecified atom stereocenters. The van der Waals surface area contributed by atoms with E-state index in [1.807, 2.05) is 12.1 Å². The Morgan fingerprint density at radius 1 is 1.33 bits per heavy atom. The lowest BCUT2D eigenvalue weighted by atomic mass is 9.79. The van der Waals surface area contributed by atoms with Crippen LogP contribution in [0.25, 0.3) is 0 Å². The predicted molar refractivity (Wildman–Crippen MR) is 82.0 cm³/mol. The van der Waals surface area contributed by atoms with Gasteiger partial charge in [0.05, 0.1) is 0 Å². The topological polar surface area (TPSA) is 38.5 Å². The van der Waals surface area contributed by atoms with Crippen LogP contribution in [0.5, 0.6) is 5.75 Å². The van der Waals surface area contributed by atoms with Gasteiger partial charge in [0, 0.05) is 25.7 Å². The van der Waals surface area contributed by atoms with Crippen molar-refractivity contribution < 1.29 is 13.5 Å². The minimum absolute atomic E-state index is 0. The minimum Gasteiger partial charge on any atom is -0.435 e. The smallest absolute Gasteiger partial charge is 0.387 e. The molecular formula is C15H23ClF2N2O. The molecule has 1 heterocycles. The lowest BCUT2D eigenvalue weighted by molar-refractivity contribution is -0.0498. The molecule has 1 aliphatic rings. The van der Waals surface area contributed by atoms with Gasteiger partial charge < -0.3 is 10.5 Å². The largest absolute Gasteiger partial charge is 0.435 e. The van der Waals surface area contributed by atoms with Crippen LogP contribution in [0.1, 0.15) is 25.8 Å². The zero-order valence-electron chi connectivity index (χ0n) is 12.4. The summed E-state index contributed by atoms with van der Waals surface area (Å²) in [5.74, 6) is 0.199. The van der Waals surface area contributed by atoms with Crippen molar-refractivity contribution in [1.29, 1.82) is 0 Å². The van der Waals surface area contributed by atoms with Crippen LogP contribution in [0, 0.1) is 5.41 Å². The number of nitrogens with zero attached hydrogens (tertiary/aromatic N) is 1. The van der Waals surface area contributed by atoms with Crippen LogP contribution in [0.4, 0.5) is 8.78 Å². The van der Waals surface area contributed by atoms with Crippen LogP contribution < -0.4 is 10.5 Å². The van der Waals surface area contributed by atoms with Crippen LogP contribution in [-0.2, 0) is 6.54 Å². The Morgan fingerprint density at radius 3 is 2.48 bits per heavy atom. The highest BCUT2D eigenvalue weighted by molar-refractivity contribution is 5.85. The lowest BCUT2D eigenvalue weighted by Crippen LogP contribution is -2.52. The molecule has 0 saturated carbocycles. The fourth-order valence-corrected chi connectivity index (χ4v) is 2.65. The average molecular weight is 321 g/mol. The van der Waals surface area contributed by atoms with Crippen LogP contribution in [0.3, 0.4) is 0 Å². The number of hydrogen-bond acceptors (Lipinski definition) is 3. The van der Waals surface area contributed by atoms with Crippen molar-refractivity contribution in [2.24, 2.45) is 11.1 Å². The van der Waals surface area contributed by atoms with Gasteiger partial charge in [-0.25, -0.2) is 0 Å². The summed E-state index contributed by atoms with van der Waals surface area (Å²) in [7, 11) is 0. The maximum Gasteiger partial charge on any atom is 0.387 e. The zero-order valence-corrected chi connectivity index (χ0v) is 13.2. The van der Waals surface area contributed by atoms with Gasteiger partial charge >= 0.3 is 6.61 Å². The molecule has 0 aliphatic carbocycles. The minimum atomic E-state index is -2.77. The Bertz CT molecular complexity index is 440. The molecular weight excluding hydrogens is 298 g/mol. The van der Waals surface area contributed by atoms with E-state index in [2.05, 4.69) is 23.5 Å². The fourth-order valence-electron chi connectivity index (χ4n) is 2.65. The highest BCUT2D eigenvalue weighted by Crippen LogP contribution is 2.28. The van der Waals surface area contributed by atoms with Gasteiger partial charge in [0.1, 0.15) is 5.75 Å². The third-order valence-electron chi connectivity index (χ3n) is 3.95. The maximum absolute atomic E-state index is 12.1. The first-order valence-electron chi connectivity index (χ1n) is 6.88. The van der Waals surface area contributed by atoms with Gasteiger partial charge in [-0.15, -0.1) is 12.4 Å². The van der Waals surface area contributed by atoms with E-state index < -0.39 is 6.61 Å². The fraction of sp³-hybridized carbons (Fsp3) is 0.600. The molecule has 0 radical (unpaired) electrons. The molecule has 0 spiro atoms. The van der Waals surface area contributed by atoms with Gasteiger partial charge in [-0.2, -0.15) is 8.78 Å². The maximum atomic E-state index is 12.1. The number of benzene rings is 1. The van der Waals surface area contributed by atoms with Crippen molar-refractivity contribution in [3.8, 4) is 5.75 Å². The molecule has 1 aromatic carbocycles. The zero-order chi connectivity index (χ0) is 14.8. The molecule has 1 fully saturated rings. The second kappa shape index (κ2) is 7.38. The molecule has 0 amide bonds. The van der Waals surface area contributed by atoms with Gasteiger partial charge in [-0.1, -0.05) is 26.0 Å². The van der Waals surface area contributed by atoms with Crippen molar-refractivity contribution in [3.63, 3.8) is 0 Å². The van der Waals surface area contributed by atoms with Crippen LogP contribution >= 0.6 is 12.4 Å². The third kappa shape index (κ3) is 5.09. The summed E-state index contributed by atoms with van der Waals surface area (Å²) >= 11 is 0. The van der Waals surface area contributed by atoms with Gasteiger partial charge in [-0.05, 0) is 29.5 Å². The van der Waals surface area contributed by atoms with Crippen molar-refractivity contribution >= 4 is 12.4 Å². The van der Waals surface area contributed by atoms with Crippen molar-refractivity contribution in [3.05, 3.63) is 29.8 Å². The van der Waals surface area contributed by atoms with E-state index in [4.69, 9.17) is 5.73 Å². The Balaban J connectivity index is 0.00000220. The third-order valence-corrected chi connectivity index (χ3v) is 3.95. The Morgan fingerprint density at radius 2 is 1.95 bits per heavy atom. The number of piperidine rings is 1. The number of hydrogen-bond donors (Lipinski definition) is 1. The number of alkyl halides is 2. The molecule has 21 heavy (non-hydrogen) atoms. The SMILES string of the molecule is CC1(C)CN(Cc2ccc(OC(F)F)cc2)CCC1N.Cl. The van der Waals surface area contributed by atoms with Gasteiger partial charge in [-0.3, -0.25) is 4.90 Å². The predicted octanol–water partition coefficient (Wildman–Crippen LogP) is 3.27. The van der Waals surface area contributed by atoms with Gasteiger partial charge in [0.2, 0.25) is 0 Å². The molecule has 120 valence electrons. The number of ether oxygens (including phenoxy) is 1. The number of halogens is 3. The molecule has 2 rings (SSSR count). The molecule has 0 bridgehead atoms. The Hall–Kier alpha value is -0.910. The van der Waals surface area contributed by atoms with E-state index in [0.717, 1.165) is 31.6 Å². The molecule has 6 heteroatoms. The van der Waals surface area contributed by atoms with Crippen LogP contribution in [0.15, 0.2) is 24.3 Å². The average Bonchev–Trinajstić information content (AvgIpc) is 2.35. The number of nitrogens with two attached hydrogens (primary N) is 1. The summed E-state index contributed by atoms with van der Waals surface area (Å²) < 4.78 is 28.5. The standard InChI is InChI=1S/C15H22F2N2O.ClH/c1-15(2)10-19(8-7-13(15)18)9-11-3-5-12(6-4-11)20-14(16)17;/h3-6,13-14H,7-10,18H2,1-2H3;1H. The molecule has 1 aliphatic heterocycles. The highest BCUT2D eigenvalue weighted by Gasteiger charge is 2.33. The summed E-state index contributed by atoms with van der Waals surface area (Å²) in [5.41, 5.74) is 7.32. The summed E-state index contributed by atoms with van der Waals surface area (Å²) in [6.45, 7) is 4.33. The normalized spacial score (nSPS) is 21.9. The summed E-state index contributed by atoms with van der Waals surface area (Å²) in [6, 6.07) is 7.07. The second-order valence-electron chi connectivity index (χ2n) is 6.12. The first-order chi connectivity index (χ1) is 9.37. The van der Waals surface area contributed by atoms with E-state index in [0.29, 0.717) is 0 Å². The van der Waals surface area contributed by atoms with Crippen LogP contribution in [0.2, 0.25) is 0 Å². The summed E-state index contributed by atoms with van der Waals surface area (Å²) in [4.78, 5) is 2.35. The summed E-state index contributed by atoms with van der Waals surface area (Å²) in [5, 5.41) is 0. The quantitative estimate of drug-likeness (QED) is 0.925. The molecule has 1 aromatic rings. The number of rotatable bonds is 4. The first kappa shape index (κ1) is 18.1. The molecule has 0 aromatic heterocycles. The Kier molecular flexibility index (Phi) is 6.38. The van der Waals surface area contributed by atoms with E-state index in [1.165, 1.54) is 0 Å². The van der Waals surface area contributed by atoms with E-state index in [-0.39, 0.29) is 29.6 Å². The molecule has 1 saturated heterocycles. The number of likely N-dealkylation sites (tertiary alicyclic amines) is 1. The summed E-state index contributed by atoms with van der Waals surface area (Å²) in [6.07, 6.45) is 0.986. The van der Waals surface area contributed by atoms with Crippen molar-refractivity contribution in [2.75, 3.05) is 13.1 Å². The van der Waals surface area contributed by atoms with E-state index in [1.54, 1.807) is 12.1 Å². The van der Waals surface area contributed by atoms with Crippen LogP contribution in [-0.4, -0.2) is 30.6 Å². The van der Waals surface area contributed by atoms with Gasteiger partial charge in [0.25, 0.3) is 0 Å². The van der Waals surface area contributed by atoms with Crippen molar-refractivity contribution in [1.82, 2.24) is 4.90 Å². The molecule has 1 atom stereocenters. The van der Waals surface area contributed by atoms with E-state index >= 15 is 0 Å². The molecule has 3 nitrogen and oxygen atoms in total. The first-order valence-corrected chi connectivity index (χ1v) is 6.88. The lowest BCUT2D eigenvalue weighted by Gasteiger charge is -2.42. The van der Waals surface area contributed by atoms with E-state index in [9.17, 15) is 8.78 Å². The monoisotopic (exact) mass is 320 g/mol. The van der Waals surface area contributed by atoms with Gasteiger partial charge in [0.15, 0.2) is 0 Å². The highest BCUT2D eigenvalue weighted by atomic mass is 35.5. The molecule has 2 N–H and O–H groups in total. The Labute approximate surface area is 130 Å².